The summed E-state index contributed by atoms with van der Waals surface area (Å²) in [5.74, 6) is 0.307. The van der Waals surface area contributed by atoms with E-state index < -0.39 is 0 Å². The zero-order chi connectivity index (χ0) is 24.6. The number of fused-ring (bicyclic) bond motifs is 1. The summed E-state index contributed by atoms with van der Waals surface area (Å²) in [6, 6.07) is 16.0. The molecular formula is C30H36N4O2. The second-order valence-corrected chi connectivity index (χ2v) is 12.4. The fourth-order valence-corrected chi connectivity index (χ4v) is 9.34. The van der Waals surface area contributed by atoms with E-state index in [0.29, 0.717) is 12.3 Å². The van der Waals surface area contributed by atoms with Crippen molar-refractivity contribution in [3.05, 3.63) is 59.2 Å². The van der Waals surface area contributed by atoms with Crippen molar-refractivity contribution in [2.24, 2.45) is 0 Å². The second-order valence-electron chi connectivity index (χ2n) is 12.4. The summed E-state index contributed by atoms with van der Waals surface area (Å²) < 4.78 is 6.42. The van der Waals surface area contributed by atoms with Crippen molar-refractivity contribution in [2.75, 3.05) is 30.4 Å². The maximum absolute atomic E-state index is 13.8. The van der Waals surface area contributed by atoms with Crippen LogP contribution in [0.4, 0.5) is 11.4 Å². The molecule has 2 bridgehead atoms. The summed E-state index contributed by atoms with van der Waals surface area (Å²) in [4.78, 5) is 21.2. The number of rotatable bonds is 3. The predicted molar refractivity (Wildman–Crippen MR) is 140 cm³/mol. The quantitative estimate of drug-likeness (QED) is 0.656. The number of carbonyl (C=O) groups excluding carboxylic acids is 1. The number of anilines is 2. The van der Waals surface area contributed by atoms with Crippen molar-refractivity contribution >= 4 is 17.3 Å². The Kier molecular flexibility index (Phi) is 3.97. The Morgan fingerprint density at radius 3 is 2.64 bits per heavy atom. The molecule has 7 atom stereocenters. The van der Waals surface area contributed by atoms with Gasteiger partial charge in [0.2, 0.25) is 5.91 Å². The first-order valence-electron chi connectivity index (χ1n) is 13.8. The monoisotopic (exact) mass is 484 g/mol. The number of nitrogens with one attached hydrogen (secondary N) is 1. The van der Waals surface area contributed by atoms with Gasteiger partial charge in [-0.2, -0.15) is 0 Å². The van der Waals surface area contributed by atoms with Crippen molar-refractivity contribution in [3.8, 4) is 0 Å². The predicted octanol–water partition coefficient (Wildman–Crippen LogP) is 4.36. The highest BCUT2D eigenvalue weighted by Gasteiger charge is 2.77. The number of piperidine rings is 1. The van der Waals surface area contributed by atoms with E-state index in [9.17, 15) is 4.79 Å². The van der Waals surface area contributed by atoms with Gasteiger partial charge in [0.25, 0.3) is 0 Å². The van der Waals surface area contributed by atoms with Gasteiger partial charge in [-0.05, 0) is 61.9 Å². The zero-order valence-corrected chi connectivity index (χ0v) is 21.8. The molecule has 188 valence electrons. The molecule has 2 unspecified atom stereocenters. The lowest BCUT2D eigenvalue weighted by atomic mass is 9.50. The molecule has 8 rings (SSSR count). The SMILES string of the molecule is CCCC(=O)N1CC[C@]23c4ccccc4N[C@H]4N(C)c5cccc6c5[C@]42CCN([C@H]6C2OC2(C)C)[C@H]13. The van der Waals surface area contributed by atoms with Gasteiger partial charge in [0.15, 0.2) is 0 Å². The van der Waals surface area contributed by atoms with Crippen LogP contribution in [0.5, 0.6) is 0 Å². The summed E-state index contributed by atoms with van der Waals surface area (Å²) in [6.45, 7) is 8.37. The first-order valence-corrected chi connectivity index (χ1v) is 13.8. The minimum atomic E-state index is -0.162. The maximum Gasteiger partial charge on any atom is 0.223 e. The van der Waals surface area contributed by atoms with Gasteiger partial charge in [-0.1, -0.05) is 37.3 Å². The van der Waals surface area contributed by atoms with Gasteiger partial charge in [-0.15, -0.1) is 0 Å². The van der Waals surface area contributed by atoms with Crippen molar-refractivity contribution < 1.29 is 9.53 Å². The molecule has 1 amide bonds. The lowest BCUT2D eigenvalue weighted by molar-refractivity contribution is -0.142. The van der Waals surface area contributed by atoms with Crippen LogP contribution in [-0.2, 0) is 20.4 Å². The standard InChI is InChI=1S/C30H36N4O2/c1-5-9-22(35)33-16-14-29-19-11-6-7-12-20(19)31-26-30(29)15-17-34(27(29)33)24(25-28(2,3)36-25)18-10-8-13-21(23(18)30)32(26)4/h6-8,10-13,24-27,31H,5,9,14-17H2,1-4H3/t24-,25?,26+,27+,29-,30-/m1/s1. The number of hydrogen-bond donors (Lipinski definition) is 1. The number of ether oxygens (including phenoxy) is 1. The average Bonchev–Trinajstić information content (AvgIpc) is 3.26. The second kappa shape index (κ2) is 6.65. The Hall–Kier alpha value is -2.57. The Bertz CT molecular complexity index is 1310. The Labute approximate surface area is 213 Å². The van der Waals surface area contributed by atoms with Crippen LogP contribution in [0.3, 0.4) is 0 Å². The topological polar surface area (TPSA) is 51.4 Å². The molecule has 6 nitrogen and oxygen atoms in total. The third-order valence-electron chi connectivity index (χ3n) is 10.6. The highest BCUT2D eigenvalue weighted by molar-refractivity contribution is 5.81. The van der Waals surface area contributed by atoms with Gasteiger partial charge in [-0.25, -0.2) is 0 Å². The van der Waals surface area contributed by atoms with Crippen LogP contribution in [-0.4, -0.2) is 59.9 Å². The molecule has 3 saturated heterocycles. The number of epoxide rings is 1. The van der Waals surface area contributed by atoms with E-state index in [1.807, 2.05) is 0 Å². The van der Waals surface area contributed by atoms with E-state index >= 15 is 0 Å². The van der Waals surface area contributed by atoms with Crippen LogP contribution in [0.15, 0.2) is 42.5 Å². The summed E-state index contributed by atoms with van der Waals surface area (Å²) >= 11 is 0. The van der Waals surface area contributed by atoms with Crippen LogP contribution in [0, 0.1) is 0 Å². The Balaban J connectivity index is 1.47. The summed E-state index contributed by atoms with van der Waals surface area (Å²) in [6.07, 6.45) is 3.92. The molecule has 0 aliphatic carbocycles. The third kappa shape index (κ3) is 2.18. The highest BCUT2D eigenvalue weighted by atomic mass is 16.6. The zero-order valence-electron chi connectivity index (χ0n) is 21.8. The molecule has 2 aromatic rings. The highest BCUT2D eigenvalue weighted by Crippen LogP contribution is 2.72. The van der Waals surface area contributed by atoms with Crippen molar-refractivity contribution in [2.45, 2.75) is 87.4 Å². The lowest BCUT2D eigenvalue weighted by Crippen LogP contribution is -2.73. The molecule has 6 aliphatic rings. The molecule has 2 spiro atoms. The van der Waals surface area contributed by atoms with Gasteiger partial charge in [-0.3, -0.25) is 9.69 Å². The minimum absolute atomic E-state index is 0.0350. The number of likely N-dealkylation sites (N-methyl/N-ethyl adjacent to an activating group) is 1. The molecule has 6 aliphatic heterocycles. The number of benzene rings is 2. The van der Waals surface area contributed by atoms with E-state index in [1.54, 1.807) is 0 Å². The van der Waals surface area contributed by atoms with Crippen molar-refractivity contribution in [1.29, 1.82) is 0 Å². The van der Waals surface area contributed by atoms with Crippen molar-refractivity contribution in [3.63, 3.8) is 0 Å². The van der Waals surface area contributed by atoms with Crippen LogP contribution < -0.4 is 10.2 Å². The molecule has 0 saturated carbocycles. The summed E-state index contributed by atoms with van der Waals surface area (Å²) in [7, 11) is 2.27. The van der Waals surface area contributed by atoms with Crippen LogP contribution in [0.1, 0.15) is 69.2 Å². The number of nitrogens with zero attached hydrogens (tertiary/aromatic N) is 3. The van der Waals surface area contributed by atoms with Gasteiger partial charge in [0.05, 0.1) is 23.2 Å². The van der Waals surface area contributed by atoms with Gasteiger partial charge in [0, 0.05) is 43.3 Å². The molecular weight excluding hydrogens is 448 g/mol. The smallest absolute Gasteiger partial charge is 0.223 e. The fourth-order valence-electron chi connectivity index (χ4n) is 9.34. The molecule has 6 heterocycles. The summed E-state index contributed by atoms with van der Waals surface area (Å²) in [5.41, 5.74) is 6.51. The van der Waals surface area contributed by atoms with Crippen LogP contribution in [0.25, 0.3) is 0 Å². The molecule has 36 heavy (non-hydrogen) atoms. The van der Waals surface area contributed by atoms with Gasteiger partial charge in [0.1, 0.15) is 12.3 Å². The number of hydrogen-bond acceptors (Lipinski definition) is 5. The molecule has 2 aromatic carbocycles. The fraction of sp³-hybridized carbons (Fsp3) is 0.567. The number of para-hydroxylation sites is 1. The van der Waals surface area contributed by atoms with Crippen LogP contribution in [0.2, 0.25) is 0 Å². The minimum Gasteiger partial charge on any atom is -0.365 e. The number of likely N-dealkylation sites (tertiary alicyclic amines) is 1. The first-order chi connectivity index (χ1) is 17.4. The van der Waals surface area contributed by atoms with Crippen molar-refractivity contribution in [1.82, 2.24) is 9.80 Å². The molecule has 1 N–H and O–H groups in total. The largest absolute Gasteiger partial charge is 0.365 e. The first kappa shape index (κ1) is 21.5. The van der Waals surface area contributed by atoms with Crippen LogP contribution >= 0.6 is 0 Å². The molecule has 6 heteroatoms. The number of carbonyl (C=O) groups is 1. The summed E-state index contributed by atoms with van der Waals surface area (Å²) in [5, 5.41) is 4.02. The van der Waals surface area contributed by atoms with Gasteiger partial charge < -0.3 is 19.9 Å². The molecule has 0 radical (unpaired) electrons. The van der Waals surface area contributed by atoms with Gasteiger partial charge >= 0.3 is 0 Å². The number of amides is 1. The van der Waals surface area contributed by atoms with E-state index in [0.717, 1.165) is 32.4 Å². The van der Waals surface area contributed by atoms with E-state index in [1.165, 1.54) is 28.1 Å². The lowest BCUT2D eigenvalue weighted by Gasteiger charge is -2.62. The maximum atomic E-state index is 13.8. The molecule has 3 fully saturated rings. The average molecular weight is 485 g/mol. The van der Waals surface area contributed by atoms with E-state index in [2.05, 4.69) is 90.3 Å². The third-order valence-corrected chi connectivity index (χ3v) is 10.6. The Morgan fingerprint density at radius 2 is 1.86 bits per heavy atom. The normalized spacial score (nSPS) is 39.7. The Morgan fingerprint density at radius 1 is 1.08 bits per heavy atom. The van der Waals surface area contributed by atoms with E-state index in [4.69, 9.17) is 4.74 Å². The molecule has 0 aromatic heterocycles. The van der Waals surface area contributed by atoms with E-state index in [-0.39, 0.29) is 40.9 Å².